The van der Waals surface area contributed by atoms with Gasteiger partial charge in [-0.3, -0.25) is 0 Å². The molecular weight excluding hydrogens is 262 g/mol. The number of ether oxygens (including phenoxy) is 2. The molecule has 0 radical (unpaired) electrons. The molecular formula is C15H24ClNO2. The van der Waals surface area contributed by atoms with Gasteiger partial charge in [-0.15, -0.1) is 0 Å². The second kappa shape index (κ2) is 7.61. The second-order valence-corrected chi connectivity index (χ2v) is 5.30. The van der Waals surface area contributed by atoms with Gasteiger partial charge in [0.25, 0.3) is 0 Å². The van der Waals surface area contributed by atoms with E-state index in [-0.39, 0.29) is 6.04 Å². The Labute approximate surface area is 121 Å². The first-order valence-corrected chi connectivity index (χ1v) is 7.08. The maximum absolute atomic E-state index is 6.36. The molecule has 0 aromatic heterocycles. The van der Waals surface area contributed by atoms with Crippen molar-refractivity contribution in [2.45, 2.75) is 45.1 Å². The summed E-state index contributed by atoms with van der Waals surface area (Å²) in [5.74, 6) is 1.79. The number of nitrogens with two attached hydrogens (primary N) is 1. The van der Waals surface area contributed by atoms with Crippen LogP contribution in [0, 0.1) is 0 Å². The van der Waals surface area contributed by atoms with Crippen LogP contribution in [0.5, 0.6) is 11.5 Å². The Balaban J connectivity index is 3.02. The zero-order chi connectivity index (χ0) is 14.4. The van der Waals surface area contributed by atoms with Gasteiger partial charge in [-0.2, -0.15) is 0 Å². The molecule has 0 saturated carbocycles. The zero-order valence-electron chi connectivity index (χ0n) is 12.2. The largest absolute Gasteiger partial charge is 0.493 e. The molecule has 0 spiro atoms. The molecule has 0 aliphatic carbocycles. The summed E-state index contributed by atoms with van der Waals surface area (Å²) in [6, 6.07) is 4.02. The molecule has 3 nitrogen and oxygen atoms in total. The van der Waals surface area contributed by atoms with Crippen molar-refractivity contribution >= 4 is 11.6 Å². The molecule has 1 rings (SSSR count). The smallest absolute Gasteiger partial charge is 0.162 e. The van der Waals surface area contributed by atoms with E-state index in [1.54, 1.807) is 14.2 Å². The highest BCUT2D eigenvalue weighted by molar-refractivity contribution is 6.31. The van der Waals surface area contributed by atoms with Crippen molar-refractivity contribution in [3.05, 3.63) is 22.7 Å². The summed E-state index contributed by atoms with van der Waals surface area (Å²) in [5, 5.41) is 0.731. The van der Waals surface area contributed by atoms with Crippen molar-refractivity contribution < 1.29 is 9.47 Å². The molecule has 0 aliphatic rings. The molecule has 108 valence electrons. The van der Waals surface area contributed by atoms with Crippen LogP contribution < -0.4 is 15.2 Å². The van der Waals surface area contributed by atoms with E-state index < -0.39 is 0 Å². The number of methoxy groups -OCH3 is 2. The Kier molecular flexibility index (Phi) is 6.46. The first-order valence-electron chi connectivity index (χ1n) is 6.70. The standard InChI is InChI=1S/C15H24ClNO2/c1-5-11(7-6-10(2)17)12-8-14(18-3)15(19-4)9-13(12)16/h8-11H,5-7,17H2,1-4H3. The number of halogens is 1. The average molecular weight is 286 g/mol. The minimum atomic E-state index is 0.216. The van der Waals surface area contributed by atoms with Gasteiger partial charge >= 0.3 is 0 Å². The van der Waals surface area contributed by atoms with Crippen molar-refractivity contribution in [2.24, 2.45) is 5.73 Å². The summed E-state index contributed by atoms with van der Waals surface area (Å²) < 4.78 is 10.6. The van der Waals surface area contributed by atoms with E-state index in [4.69, 9.17) is 26.8 Å². The van der Waals surface area contributed by atoms with Crippen molar-refractivity contribution in [1.82, 2.24) is 0 Å². The third-order valence-corrected chi connectivity index (χ3v) is 3.73. The Morgan fingerprint density at radius 2 is 1.74 bits per heavy atom. The highest BCUT2D eigenvalue weighted by atomic mass is 35.5. The molecule has 0 amide bonds. The molecule has 2 atom stereocenters. The van der Waals surface area contributed by atoms with Crippen molar-refractivity contribution in [3.63, 3.8) is 0 Å². The lowest BCUT2D eigenvalue weighted by Crippen LogP contribution is -2.16. The van der Waals surface area contributed by atoms with Crippen molar-refractivity contribution in [1.29, 1.82) is 0 Å². The van der Waals surface area contributed by atoms with Gasteiger partial charge in [0.15, 0.2) is 11.5 Å². The summed E-state index contributed by atoms with van der Waals surface area (Å²) in [5.41, 5.74) is 6.95. The number of benzene rings is 1. The lowest BCUT2D eigenvalue weighted by molar-refractivity contribution is 0.354. The fourth-order valence-corrected chi connectivity index (χ4v) is 2.53. The molecule has 0 saturated heterocycles. The van der Waals surface area contributed by atoms with Crippen LogP contribution in [-0.4, -0.2) is 20.3 Å². The Hall–Kier alpha value is -0.930. The van der Waals surface area contributed by atoms with Crippen LogP contribution >= 0.6 is 11.6 Å². The van der Waals surface area contributed by atoms with Crippen molar-refractivity contribution in [2.75, 3.05) is 14.2 Å². The third-order valence-electron chi connectivity index (χ3n) is 3.41. The fourth-order valence-electron chi connectivity index (χ4n) is 2.23. The molecule has 1 aromatic carbocycles. The fraction of sp³-hybridized carbons (Fsp3) is 0.600. The molecule has 0 bridgehead atoms. The van der Waals surface area contributed by atoms with Crippen LogP contribution in [0.3, 0.4) is 0 Å². The molecule has 2 N–H and O–H groups in total. The quantitative estimate of drug-likeness (QED) is 0.824. The lowest BCUT2D eigenvalue weighted by Gasteiger charge is -2.20. The van der Waals surface area contributed by atoms with Gasteiger partial charge in [0, 0.05) is 17.1 Å². The molecule has 4 heteroatoms. The molecule has 19 heavy (non-hydrogen) atoms. The topological polar surface area (TPSA) is 44.5 Å². The van der Waals surface area contributed by atoms with Gasteiger partial charge in [-0.05, 0) is 43.7 Å². The number of hydrogen-bond donors (Lipinski definition) is 1. The summed E-state index contributed by atoms with van der Waals surface area (Å²) in [6.45, 7) is 4.20. The minimum absolute atomic E-state index is 0.216. The molecule has 1 aromatic rings. The van der Waals surface area contributed by atoms with E-state index in [0.717, 1.165) is 35.6 Å². The van der Waals surface area contributed by atoms with Crippen molar-refractivity contribution in [3.8, 4) is 11.5 Å². The third kappa shape index (κ3) is 4.29. The number of hydrogen-bond acceptors (Lipinski definition) is 3. The van der Waals surface area contributed by atoms with Crippen LogP contribution in [0.1, 0.15) is 44.6 Å². The summed E-state index contributed by atoms with van der Waals surface area (Å²) >= 11 is 6.36. The van der Waals surface area contributed by atoms with Gasteiger partial charge in [-0.1, -0.05) is 18.5 Å². The molecule has 0 heterocycles. The van der Waals surface area contributed by atoms with Gasteiger partial charge in [0.2, 0.25) is 0 Å². The SMILES string of the molecule is CCC(CCC(C)N)c1cc(OC)c(OC)cc1Cl. The van der Waals surface area contributed by atoms with Crippen LogP contribution in [0.15, 0.2) is 12.1 Å². The maximum atomic E-state index is 6.36. The highest BCUT2D eigenvalue weighted by Crippen LogP contribution is 2.39. The van der Waals surface area contributed by atoms with Gasteiger partial charge < -0.3 is 15.2 Å². The number of rotatable bonds is 7. The van der Waals surface area contributed by atoms with E-state index in [2.05, 4.69) is 6.92 Å². The Morgan fingerprint density at radius 1 is 1.16 bits per heavy atom. The van der Waals surface area contributed by atoms with E-state index in [1.165, 1.54) is 0 Å². The minimum Gasteiger partial charge on any atom is -0.493 e. The van der Waals surface area contributed by atoms with Gasteiger partial charge in [0.05, 0.1) is 14.2 Å². The highest BCUT2D eigenvalue weighted by Gasteiger charge is 2.17. The molecule has 0 fully saturated rings. The van der Waals surface area contributed by atoms with E-state index >= 15 is 0 Å². The molecule has 0 aliphatic heterocycles. The van der Waals surface area contributed by atoms with Gasteiger partial charge in [-0.25, -0.2) is 0 Å². The van der Waals surface area contributed by atoms with Crippen LogP contribution in [0.25, 0.3) is 0 Å². The monoisotopic (exact) mass is 285 g/mol. The van der Waals surface area contributed by atoms with Crippen LogP contribution in [0.4, 0.5) is 0 Å². The normalized spacial score (nSPS) is 14.0. The summed E-state index contributed by atoms with van der Waals surface area (Å²) in [6.07, 6.45) is 3.05. The summed E-state index contributed by atoms with van der Waals surface area (Å²) in [7, 11) is 3.25. The molecule has 2 unspecified atom stereocenters. The average Bonchev–Trinajstić information content (AvgIpc) is 2.40. The van der Waals surface area contributed by atoms with E-state index in [1.807, 2.05) is 19.1 Å². The Bertz CT molecular complexity index is 407. The maximum Gasteiger partial charge on any atom is 0.162 e. The second-order valence-electron chi connectivity index (χ2n) is 4.89. The van der Waals surface area contributed by atoms with E-state index in [9.17, 15) is 0 Å². The first-order chi connectivity index (χ1) is 9.03. The zero-order valence-corrected chi connectivity index (χ0v) is 13.0. The predicted octanol–water partition coefficient (Wildman–Crippen LogP) is 3.98. The van der Waals surface area contributed by atoms with Crippen LogP contribution in [-0.2, 0) is 0 Å². The van der Waals surface area contributed by atoms with Crippen LogP contribution in [0.2, 0.25) is 5.02 Å². The lowest BCUT2D eigenvalue weighted by atomic mass is 9.90. The first kappa shape index (κ1) is 16.1. The van der Waals surface area contributed by atoms with Gasteiger partial charge in [0.1, 0.15) is 0 Å². The Morgan fingerprint density at radius 3 is 2.21 bits per heavy atom. The summed E-state index contributed by atoms with van der Waals surface area (Å²) in [4.78, 5) is 0. The predicted molar refractivity (Wildman–Crippen MR) is 80.5 cm³/mol. The van der Waals surface area contributed by atoms with E-state index in [0.29, 0.717) is 11.7 Å².